The number of pyridine rings is 3. The molecule has 6 rings (SSSR count). The van der Waals surface area contributed by atoms with Crippen molar-refractivity contribution in [2.45, 2.75) is 19.8 Å². The number of hydrogen-bond acceptors (Lipinski definition) is 6. The van der Waals surface area contributed by atoms with Gasteiger partial charge in [-0.25, -0.2) is 8.78 Å². The third kappa shape index (κ3) is 7.49. The van der Waals surface area contributed by atoms with E-state index in [1.165, 1.54) is 5.01 Å². The van der Waals surface area contributed by atoms with Gasteiger partial charge < -0.3 is 19.9 Å². The molecular weight excluding hydrogens is 737 g/mol. The number of para-hydroxylation sites is 1. The molecule has 1 aliphatic heterocycles. The summed E-state index contributed by atoms with van der Waals surface area (Å²) in [7, 11) is 0. The maximum atomic E-state index is 14.0. The van der Waals surface area contributed by atoms with Gasteiger partial charge in [-0.15, -0.1) is 18.8 Å². The van der Waals surface area contributed by atoms with E-state index in [2.05, 4.69) is 32.2 Å². The largest absolute Gasteiger partial charge is 3.00 e. The number of benzene rings is 2. The van der Waals surface area contributed by atoms with Gasteiger partial charge in [0, 0.05) is 17.4 Å². The summed E-state index contributed by atoms with van der Waals surface area (Å²) in [6.07, 6.45) is 1.60. The van der Waals surface area contributed by atoms with Crippen molar-refractivity contribution < 1.29 is 37.7 Å². The van der Waals surface area contributed by atoms with Crippen LogP contribution in [0.3, 0.4) is 0 Å². The van der Waals surface area contributed by atoms with Crippen LogP contribution >= 0.6 is 0 Å². The van der Waals surface area contributed by atoms with Crippen molar-refractivity contribution in [1.82, 2.24) is 15.0 Å². The summed E-state index contributed by atoms with van der Waals surface area (Å²) in [6, 6.07) is 29.7. The van der Waals surface area contributed by atoms with E-state index in [0.29, 0.717) is 17.4 Å². The second-order valence-corrected chi connectivity index (χ2v) is 9.34. The molecule has 3 aromatic heterocycles. The van der Waals surface area contributed by atoms with E-state index in [0.717, 1.165) is 28.9 Å². The number of aromatic nitrogens is 3. The van der Waals surface area contributed by atoms with Gasteiger partial charge in [0.2, 0.25) is 0 Å². The standard InChI is InChI=1S/C19H12F2N4.C13H11F2N2.Ir/c20-17-12-11-16(18(21)22-17)25-13-24(15-9-5-2-6-10-15)19(23-25)14-7-3-1-4-8-14;1-8(2)9-5-6-16-11(7-9)10-3-4-12(14)17-13(10)15;/h1-10,12-13H;4-8H,1-2H3;/q-2;-1;+3. The normalized spacial score (nSPS) is 12.4. The number of hydrogen-bond donors (Lipinski definition) is 0. The second-order valence-electron chi connectivity index (χ2n) is 9.34. The van der Waals surface area contributed by atoms with Gasteiger partial charge in [-0.3, -0.25) is 13.8 Å². The summed E-state index contributed by atoms with van der Waals surface area (Å²) in [5, 5.41) is 5.77. The van der Waals surface area contributed by atoms with Crippen LogP contribution in [0.1, 0.15) is 30.9 Å². The van der Waals surface area contributed by atoms with E-state index in [-0.39, 0.29) is 31.4 Å². The molecule has 0 atom stereocenters. The maximum absolute atomic E-state index is 14.0. The summed E-state index contributed by atoms with van der Waals surface area (Å²) in [5.74, 6) is -2.74. The second kappa shape index (κ2) is 14.1. The van der Waals surface area contributed by atoms with Crippen LogP contribution in [-0.4, -0.2) is 20.8 Å². The molecule has 2 aromatic carbocycles. The van der Waals surface area contributed by atoms with Crippen molar-refractivity contribution in [3.8, 4) is 11.3 Å². The fraction of sp³-hybridized carbons (Fsp3) is 0.0938. The van der Waals surface area contributed by atoms with Crippen LogP contribution in [0.4, 0.5) is 28.9 Å². The van der Waals surface area contributed by atoms with E-state index >= 15 is 0 Å². The number of rotatable bonds is 5. The summed E-state index contributed by atoms with van der Waals surface area (Å²) >= 11 is 0. The monoisotopic (exact) mass is 760 g/mol. The van der Waals surface area contributed by atoms with Gasteiger partial charge in [-0.1, -0.05) is 85.6 Å². The molecule has 0 radical (unpaired) electrons. The molecule has 0 spiro atoms. The molecule has 5 aromatic rings. The molecule has 43 heavy (non-hydrogen) atoms. The van der Waals surface area contributed by atoms with Crippen LogP contribution < -0.4 is 9.91 Å². The van der Waals surface area contributed by atoms with E-state index in [4.69, 9.17) is 0 Å². The number of anilines is 2. The Hall–Kier alpha value is -4.47. The Morgan fingerprint density at radius 1 is 0.791 bits per heavy atom. The molecule has 1 aliphatic rings. The molecule has 0 saturated carbocycles. The molecule has 0 saturated heterocycles. The Morgan fingerprint density at radius 2 is 1.42 bits per heavy atom. The molecule has 0 amide bonds. The van der Waals surface area contributed by atoms with E-state index in [1.807, 2.05) is 85.5 Å². The average Bonchev–Trinajstić information content (AvgIpc) is 3.44. The third-order valence-electron chi connectivity index (χ3n) is 6.13. The van der Waals surface area contributed by atoms with Gasteiger partial charge in [0.15, 0.2) is 0 Å². The predicted octanol–water partition coefficient (Wildman–Crippen LogP) is 7.31. The topological polar surface area (TPSA) is 57.5 Å². The first-order valence-corrected chi connectivity index (χ1v) is 12.9. The Labute approximate surface area is 260 Å². The zero-order valence-corrected chi connectivity index (χ0v) is 25.2. The SMILES string of the molecule is CC(C)c1ccnc(-c2[c-]cc(F)nc2F)c1.Fc1c[c-]c(N2[CH-]N(c3ccccc3)C(c3ccccc3)=N2)c(F)n1.[Ir+3]. The van der Waals surface area contributed by atoms with Crippen LogP contribution in [0.15, 0.2) is 96.2 Å². The van der Waals surface area contributed by atoms with Gasteiger partial charge >= 0.3 is 20.1 Å². The van der Waals surface area contributed by atoms with E-state index in [9.17, 15) is 17.6 Å². The minimum Gasteiger partial charge on any atom is -0.456 e. The Kier molecular flexibility index (Phi) is 10.3. The molecule has 218 valence electrons. The van der Waals surface area contributed by atoms with Crippen LogP contribution in [0.2, 0.25) is 0 Å². The smallest absolute Gasteiger partial charge is 0.456 e. The first-order chi connectivity index (χ1) is 20.3. The van der Waals surface area contributed by atoms with Gasteiger partial charge in [0.05, 0.1) is 5.95 Å². The van der Waals surface area contributed by atoms with Crippen molar-refractivity contribution in [3.63, 3.8) is 0 Å². The zero-order valence-electron chi connectivity index (χ0n) is 22.8. The van der Waals surface area contributed by atoms with Crippen LogP contribution in [0.25, 0.3) is 11.3 Å². The number of halogens is 4. The molecule has 0 fully saturated rings. The van der Waals surface area contributed by atoms with Crippen molar-refractivity contribution in [3.05, 3.63) is 145 Å². The summed E-state index contributed by atoms with van der Waals surface area (Å²) < 4.78 is 53.2. The first kappa shape index (κ1) is 31.5. The molecule has 6 nitrogen and oxygen atoms in total. The Balaban J connectivity index is 0.000000207. The maximum Gasteiger partial charge on any atom is 3.00 e. The molecular formula is C32H23F4IrN6. The van der Waals surface area contributed by atoms with Gasteiger partial charge in [-0.2, -0.15) is 11.2 Å². The van der Waals surface area contributed by atoms with Crippen LogP contribution in [0.5, 0.6) is 0 Å². The predicted molar refractivity (Wildman–Crippen MR) is 152 cm³/mol. The fourth-order valence-corrected chi connectivity index (χ4v) is 4.03. The molecule has 4 heterocycles. The van der Waals surface area contributed by atoms with Crippen molar-refractivity contribution in [2.75, 3.05) is 9.91 Å². The fourth-order valence-electron chi connectivity index (χ4n) is 4.03. The minimum atomic E-state index is -0.970. The Bertz CT molecular complexity index is 1700. The van der Waals surface area contributed by atoms with Gasteiger partial charge in [-0.05, 0) is 35.5 Å². The minimum absolute atomic E-state index is 0. The number of nitrogens with zero attached hydrogens (tertiary/aromatic N) is 6. The molecule has 0 N–H and O–H groups in total. The zero-order chi connectivity index (χ0) is 29.6. The van der Waals surface area contributed by atoms with Crippen LogP contribution in [-0.2, 0) is 20.1 Å². The first-order valence-electron chi connectivity index (χ1n) is 12.9. The summed E-state index contributed by atoms with van der Waals surface area (Å²) in [4.78, 5) is 12.2. The molecule has 0 aliphatic carbocycles. The third-order valence-corrected chi connectivity index (χ3v) is 6.13. The van der Waals surface area contributed by atoms with E-state index < -0.39 is 23.8 Å². The number of amidine groups is 1. The molecule has 11 heteroatoms. The number of hydrazone groups is 1. The van der Waals surface area contributed by atoms with Crippen molar-refractivity contribution in [2.24, 2.45) is 5.10 Å². The summed E-state index contributed by atoms with van der Waals surface area (Å²) in [5.41, 5.74) is 3.22. The summed E-state index contributed by atoms with van der Waals surface area (Å²) in [6.45, 7) is 5.68. The van der Waals surface area contributed by atoms with E-state index in [1.54, 1.807) is 18.9 Å². The Morgan fingerprint density at radius 3 is 2.05 bits per heavy atom. The van der Waals surface area contributed by atoms with Crippen molar-refractivity contribution in [1.29, 1.82) is 0 Å². The molecule has 0 unspecified atom stereocenters. The molecule has 0 bridgehead atoms. The van der Waals surface area contributed by atoms with Gasteiger partial charge in [0.25, 0.3) is 0 Å². The van der Waals surface area contributed by atoms with Gasteiger partial charge in [0.1, 0.15) is 23.7 Å². The quantitative estimate of drug-likeness (QED) is 0.107. The van der Waals surface area contributed by atoms with Crippen LogP contribution in [0, 0.1) is 42.6 Å². The average molecular weight is 760 g/mol. The van der Waals surface area contributed by atoms with Crippen molar-refractivity contribution >= 4 is 17.2 Å².